The van der Waals surface area contributed by atoms with E-state index in [4.69, 9.17) is 31.3 Å². The zero-order valence-corrected chi connectivity index (χ0v) is 20.0. The standard InChI is InChI=1S/C21H22ClN3O9S/c1-2-33-20(29)14-8-15(19(22)16(9-14)35(23,31)32)24-17(26)10-25(11-18(27)28)21(30)34-12-13-6-4-3-5-7-13/h3-9H,2,10-12H2,1H3,(H,24,26)(H,27,28)(H2,23,31,32). The van der Waals surface area contributed by atoms with Crippen molar-refractivity contribution in [3.05, 3.63) is 58.6 Å². The minimum atomic E-state index is -4.40. The molecule has 188 valence electrons. The van der Waals surface area contributed by atoms with Crippen LogP contribution in [0.2, 0.25) is 5.02 Å². The number of rotatable bonds is 10. The van der Waals surface area contributed by atoms with Crippen LogP contribution in [0.5, 0.6) is 0 Å². The first-order valence-electron chi connectivity index (χ1n) is 9.93. The van der Waals surface area contributed by atoms with Gasteiger partial charge in [-0.3, -0.25) is 14.5 Å². The quantitative estimate of drug-likeness (QED) is 0.388. The molecule has 0 unspecified atom stereocenters. The number of carboxylic acids is 1. The number of aliphatic carboxylic acids is 1. The van der Waals surface area contributed by atoms with E-state index in [1.807, 2.05) is 0 Å². The highest BCUT2D eigenvalue weighted by Crippen LogP contribution is 2.31. The van der Waals surface area contributed by atoms with E-state index < -0.39 is 57.0 Å². The molecule has 0 saturated carbocycles. The molecular weight excluding hydrogens is 506 g/mol. The average molecular weight is 528 g/mol. The summed E-state index contributed by atoms with van der Waals surface area (Å²) in [5.41, 5.74) is 0.0538. The van der Waals surface area contributed by atoms with Crippen molar-refractivity contribution in [1.29, 1.82) is 0 Å². The van der Waals surface area contributed by atoms with E-state index in [0.29, 0.717) is 10.5 Å². The molecule has 0 spiro atoms. The zero-order valence-electron chi connectivity index (χ0n) is 18.4. The smallest absolute Gasteiger partial charge is 0.411 e. The maximum Gasteiger partial charge on any atom is 0.411 e. The number of benzene rings is 2. The number of nitrogens with one attached hydrogen (secondary N) is 1. The Morgan fingerprint density at radius 2 is 1.74 bits per heavy atom. The maximum atomic E-state index is 12.6. The topological polar surface area (TPSA) is 182 Å². The van der Waals surface area contributed by atoms with Crippen molar-refractivity contribution in [2.45, 2.75) is 18.4 Å². The number of nitrogens with zero attached hydrogens (tertiary/aromatic N) is 1. The number of esters is 1. The first kappa shape index (κ1) is 27.6. The second-order valence-electron chi connectivity index (χ2n) is 6.94. The number of hydrogen-bond acceptors (Lipinski definition) is 8. The van der Waals surface area contributed by atoms with Gasteiger partial charge in [0.15, 0.2) is 0 Å². The van der Waals surface area contributed by atoms with Crippen molar-refractivity contribution < 1.29 is 42.2 Å². The summed E-state index contributed by atoms with van der Waals surface area (Å²) in [6, 6.07) is 10.5. The van der Waals surface area contributed by atoms with Crippen LogP contribution in [0.15, 0.2) is 47.4 Å². The fourth-order valence-electron chi connectivity index (χ4n) is 2.75. The number of anilines is 1. The SMILES string of the molecule is CCOC(=O)c1cc(NC(=O)CN(CC(=O)O)C(=O)OCc2ccccc2)c(Cl)c(S(N)(=O)=O)c1. The Labute approximate surface area is 205 Å². The molecule has 0 fully saturated rings. The van der Waals surface area contributed by atoms with Crippen molar-refractivity contribution in [1.82, 2.24) is 4.90 Å². The van der Waals surface area contributed by atoms with Crippen LogP contribution in [0.1, 0.15) is 22.8 Å². The molecule has 0 aromatic heterocycles. The predicted octanol–water partition coefficient (Wildman–Crippen LogP) is 1.83. The summed E-state index contributed by atoms with van der Waals surface area (Å²) < 4.78 is 33.7. The molecule has 0 aliphatic heterocycles. The number of carbonyl (C=O) groups excluding carboxylic acids is 3. The molecule has 0 heterocycles. The van der Waals surface area contributed by atoms with E-state index in [2.05, 4.69) is 5.32 Å². The number of carbonyl (C=O) groups is 4. The van der Waals surface area contributed by atoms with Gasteiger partial charge in [-0.05, 0) is 24.6 Å². The van der Waals surface area contributed by atoms with Crippen LogP contribution >= 0.6 is 11.6 Å². The molecule has 12 nitrogen and oxygen atoms in total. The van der Waals surface area contributed by atoms with Crippen LogP contribution in [0.3, 0.4) is 0 Å². The van der Waals surface area contributed by atoms with Gasteiger partial charge in [-0.25, -0.2) is 23.1 Å². The lowest BCUT2D eigenvalue weighted by Crippen LogP contribution is -2.41. The van der Waals surface area contributed by atoms with Crippen LogP contribution in [0, 0.1) is 0 Å². The van der Waals surface area contributed by atoms with E-state index in [1.54, 1.807) is 30.3 Å². The summed E-state index contributed by atoms with van der Waals surface area (Å²) in [6.45, 7) is -0.290. The molecule has 0 atom stereocenters. The largest absolute Gasteiger partial charge is 0.480 e. The monoisotopic (exact) mass is 527 g/mol. The third-order valence-electron chi connectivity index (χ3n) is 4.25. The Kier molecular flexibility index (Phi) is 9.57. The molecule has 35 heavy (non-hydrogen) atoms. The summed E-state index contributed by atoms with van der Waals surface area (Å²) in [5, 5.41) is 16.0. The number of nitrogens with two attached hydrogens (primary N) is 1. The molecule has 4 N–H and O–H groups in total. The Balaban J connectivity index is 2.24. The van der Waals surface area contributed by atoms with Crippen LogP contribution in [-0.4, -0.2) is 62.1 Å². The summed E-state index contributed by atoms with van der Waals surface area (Å²) in [4.78, 5) is 48.2. The molecule has 2 rings (SSSR count). The Bertz CT molecular complexity index is 1220. The van der Waals surface area contributed by atoms with E-state index in [0.717, 1.165) is 12.1 Å². The molecule has 0 aliphatic carbocycles. The van der Waals surface area contributed by atoms with Gasteiger partial charge in [-0.2, -0.15) is 0 Å². The molecule has 0 radical (unpaired) electrons. The van der Waals surface area contributed by atoms with Crippen LogP contribution in [-0.2, 0) is 35.7 Å². The van der Waals surface area contributed by atoms with Crippen LogP contribution < -0.4 is 10.5 Å². The van der Waals surface area contributed by atoms with Gasteiger partial charge in [0.1, 0.15) is 24.6 Å². The van der Waals surface area contributed by atoms with Crippen molar-refractivity contribution in [3.8, 4) is 0 Å². The molecule has 2 aromatic carbocycles. The van der Waals surface area contributed by atoms with Gasteiger partial charge < -0.3 is 19.9 Å². The van der Waals surface area contributed by atoms with Crippen molar-refractivity contribution in [2.75, 3.05) is 25.0 Å². The van der Waals surface area contributed by atoms with Crippen LogP contribution in [0.4, 0.5) is 10.5 Å². The third-order valence-corrected chi connectivity index (χ3v) is 5.71. The number of halogens is 1. The van der Waals surface area contributed by atoms with Gasteiger partial charge in [0.2, 0.25) is 15.9 Å². The van der Waals surface area contributed by atoms with Gasteiger partial charge >= 0.3 is 18.0 Å². The highest BCUT2D eigenvalue weighted by atomic mass is 35.5. The van der Waals surface area contributed by atoms with Crippen molar-refractivity contribution in [2.24, 2.45) is 5.14 Å². The lowest BCUT2D eigenvalue weighted by Gasteiger charge is -2.20. The molecular formula is C21H22ClN3O9S. The fraction of sp³-hybridized carbons (Fsp3) is 0.238. The van der Waals surface area contributed by atoms with E-state index in [-0.39, 0.29) is 24.5 Å². The van der Waals surface area contributed by atoms with Gasteiger partial charge in [0, 0.05) is 0 Å². The molecule has 2 amide bonds. The van der Waals surface area contributed by atoms with Gasteiger partial charge in [0.05, 0.1) is 22.9 Å². The number of sulfonamides is 1. The first-order valence-corrected chi connectivity index (χ1v) is 11.9. The number of ether oxygens (including phenoxy) is 2. The minimum Gasteiger partial charge on any atom is -0.480 e. The van der Waals surface area contributed by atoms with Gasteiger partial charge in [-0.15, -0.1) is 0 Å². The number of primary sulfonamides is 1. The lowest BCUT2D eigenvalue weighted by molar-refractivity contribution is -0.138. The Morgan fingerprint density at radius 3 is 2.31 bits per heavy atom. The minimum absolute atomic E-state index is 0.0108. The summed E-state index contributed by atoms with van der Waals surface area (Å²) in [5.74, 6) is -3.26. The third kappa shape index (κ3) is 8.24. The highest BCUT2D eigenvalue weighted by molar-refractivity contribution is 7.89. The van der Waals surface area contributed by atoms with E-state index in [9.17, 15) is 27.6 Å². The molecule has 0 bridgehead atoms. The number of carboxylic acid groups (broad SMARTS) is 1. The van der Waals surface area contributed by atoms with Gasteiger partial charge in [-0.1, -0.05) is 41.9 Å². The second-order valence-corrected chi connectivity index (χ2v) is 8.85. The summed E-state index contributed by atoms with van der Waals surface area (Å²) >= 11 is 6.07. The summed E-state index contributed by atoms with van der Waals surface area (Å²) in [7, 11) is -4.40. The van der Waals surface area contributed by atoms with Crippen molar-refractivity contribution >= 4 is 51.3 Å². The molecule has 14 heteroatoms. The summed E-state index contributed by atoms with van der Waals surface area (Å²) in [6.07, 6.45) is -1.08. The normalized spacial score (nSPS) is 10.8. The first-order chi connectivity index (χ1) is 16.4. The molecule has 0 saturated heterocycles. The zero-order chi connectivity index (χ0) is 26.2. The Hall–Kier alpha value is -3.68. The molecule has 2 aromatic rings. The van der Waals surface area contributed by atoms with Crippen LogP contribution in [0.25, 0.3) is 0 Å². The fourth-order valence-corrected chi connectivity index (χ4v) is 3.88. The number of amides is 2. The lowest BCUT2D eigenvalue weighted by atomic mass is 10.2. The van der Waals surface area contributed by atoms with Gasteiger partial charge in [0.25, 0.3) is 0 Å². The van der Waals surface area contributed by atoms with E-state index >= 15 is 0 Å². The highest BCUT2D eigenvalue weighted by Gasteiger charge is 2.25. The van der Waals surface area contributed by atoms with E-state index in [1.165, 1.54) is 6.92 Å². The average Bonchev–Trinajstić information content (AvgIpc) is 2.78. The number of hydrogen-bond donors (Lipinski definition) is 3. The predicted molar refractivity (Wildman–Crippen MR) is 123 cm³/mol. The van der Waals surface area contributed by atoms with Crippen molar-refractivity contribution in [3.63, 3.8) is 0 Å². The molecule has 0 aliphatic rings. The second kappa shape index (κ2) is 12.1. The Morgan fingerprint density at radius 1 is 1.09 bits per heavy atom. The maximum absolute atomic E-state index is 12.6.